The second-order valence-electron chi connectivity index (χ2n) is 10.5. The molecule has 0 spiro atoms. The van der Waals surface area contributed by atoms with Gasteiger partial charge in [-0.25, -0.2) is 0 Å². The Morgan fingerprint density at radius 1 is 0.641 bits per heavy atom. The highest BCUT2D eigenvalue weighted by Crippen LogP contribution is 2.12. The lowest BCUT2D eigenvalue weighted by atomic mass is 10.0. The van der Waals surface area contributed by atoms with Crippen molar-refractivity contribution in [3.63, 3.8) is 0 Å². The van der Waals surface area contributed by atoms with Crippen LogP contribution in [0.4, 0.5) is 0 Å². The Hall–Kier alpha value is -2.20. The summed E-state index contributed by atoms with van der Waals surface area (Å²) >= 11 is 0. The number of amides is 2. The van der Waals surface area contributed by atoms with E-state index in [1.807, 2.05) is 18.9 Å². The lowest BCUT2D eigenvalue weighted by molar-refractivity contribution is -0.140. The van der Waals surface area contributed by atoms with Gasteiger partial charge in [0.15, 0.2) is 0 Å². The van der Waals surface area contributed by atoms with Gasteiger partial charge in [0.25, 0.3) is 0 Å². The van der Waals surface area contributed by atoms with Gasteiger partial charge in [-0.05, 0) is 45.7 Å². The highest BCUT2D eigenvalue weighted by Gasteiger charge is 2.14. The van der Waals surface area contributed by atoms with E-state index in [1.54, 1.807) is 0 Å². The lowest BCUT2D eigenvalue weighted by Crippen LogP contribution is -2.36. The standard InChI is InChI=1S/C29H56N4O6/c1-3-30-25(29(38)39)17-15-16-21-31-27(35)20-23-33(2)24-22-32-26(34)18-13-11-9-7-5-4-6-8-10-12-14-19-28(36)37/h25,30H,3-24H2,1-2H3,(H,31,35)(H,32,34)(H,36,37)(H,38,39)/t25-/m0/s1. The molecule has 10 heteroatoms. The van der Waals surface area contributed by atoms with E-state index in [0.29, 0.717) is 52.0 Å². The van der Waals surface area contributed by atoms with Gasteiger partial charge in [0.2, 0.25) is 11.8 Å². The fourth-order valence-corrected chi connectivity index (χ4v) is 4.38. The number of unbranched alkanes of at least 4 members (excludes halogenated alkanes) is 11. The monoisotopic (exact) mass is 556 g/mol. The number of nitrogens with zero attached hydrogens (tertiary/aromatic N) is 1. The zero-order valence-corrected chi connectivity index (χ0v) is 24.6. The molecule has 0 aliphatic carbocycles. The predicted molar refractivity (Wildman–Crippen MR) is 155 cm³/mol. The lowest BCUT2D eigenvalue weighted by Gasteiger charge is -2.17. The second-order valence-corrected chi connectivity index (χ2v) is 10.5. The fourth-order valence-electron chi connectivity index (χ4n) is 4.38. The molecule has 2 amide bonds. The summed E-state index contributed by atoms with van der Waals surface area (Å²) in [7, 11) is 1.94. The molecule has 0 aliphatic heterocycles. The highest BCUT2D eigenvalue weighted by atomic mass is 16.4. The third-order valence-electron chi connectivity index (χ3n) is 6.82. The second kappa shape index (κ2) is 26.0. The van der Waals surface area contributed by atoms with Crippen LogP contribution < -0.4 is 16.0 Å². The van der Waals surface area contributed by atoms with Crippen molar-refractivity contribution in [2.24, 2.45) is 0 Å². The Morgan fingerprint density at radius 3 is 1.69 bits per heavy atom. The Labute approximate surface area is 236 Å². The molecule has 228 valence electrons. The minimum Gasteiger partial charge on any atom is -0.481 e. The van der Waals surface area contributed by atoms with Crippen LogP contribution in [0.15, 0.2) is 0 Å². The Bertz CT molecular complexity index is 662. The summed E-state index contributed by atoms with van der Waals surface area (Å²) in [5.74, 6) is -1.46. The Morgan fingerprint density at radius 2 is 1.15 bits per heavy atom. The van der Waals surface area contributed by atoms with E-state index in [9.17, 15) is 19.2 Å². The first-order chi connectivity index (χ1) is 18.8. The van der Waals surface area contributed by atoms with Crippen LogP contribution in [-0.4, -0.2) is 84.7 Å². The molecular formula is C29H56N4O6. The quantitative estimate of drug-likeness (QED) is 0.0911. The van der Waals surface area contributed by atoms with Crippen molar-refractivity contribution in [2.75, 3.05) is 39.8 Å². The summed E-state index contributed by atoms with van der Waals surface area (Å²) in [6, 6.07) is -0.526. The number of carboxylic acid groups (broad SMARTS) is 2. The Balaban J connectivity index is 3.53. The molecular weight excluding hydrogens is 500 g/mol. The van der Waals surface area contributed by atoms with Crippen molar-refractivity contribution >= 4 is 23.8 Å². The van der Waals surface area contributed by atoms with Gasteiger partial charge in [-0.2, -0.15) is 0 Å². The summed E-state index contributed by atoms with van der Waals surface area (Å²) in [4.78, 5) is 47.6. The molecule has 39 heavy (non-hydrogen) atoms. The molecule has 0 rings (SSSR count). The number of carbonyl (C=O) groups is 4. The van der Waals surface area contributed by atoms with Crippen LogP contribution in [0.25, 0.3) is 0 Å². The third-order valence-corrected chi connectivity index (χ3v) is 6.82. The number of likely N-dealkylation sites (N-methyl/N-ethyl adjacent to an activating group) is 2. The minimum atomic E-state index is -0.835. The fraction of sp³-hybridized carbons (Fsp3) is 0.862. The van der Waals surface area contributed by atoms with Crippen molar-refractivity contribution in [2.45, 2.75) is 122 Å². The van der Waals surface area contributed by atoms with Gasteiger partial charge in [0.05, 0.1) is 0 Å². The van der Waals surface area contributed by atoms with E-state index in [4.69, 9.17) is 10.2 Å². The highest BCUT2D eigenvalue weighted by molar-refractivity contribution is 5.76. The number of nitrogens with one attached hydrogen (secondary N) is 3. The molecule has 0 heterocycles. The minimum absolute atomic E-state index is 0.0136. The van der Waals surface area contributed by atoms with Crippen LogP contribution in [0.5, 0.6) is 0 Å². The van der Waals surface area contributed by atoms with E-state index < -0.39 is 18.0 Å². The molecule has 0 aliphatic rings. The smallest absolute Gasteiger partial charge is 0.320 e. The average molecular weight is 557 g/mol. The first-order valence-corrected chi connectivity index (χ1v) is 15.2. The number of aliphatic carboxylic acids is 2. The van der Waals surface area contributed by atoms with Gasteiger partial charge in [-0.3, -0.25) is 19.2 Å². The summed E-state index contributed by atoms with van der Waals surface area (Å²) in [5, 5.41) is 26.5. The van der Waals surface area contributed by atoms with E-state index in [2.05, 4.69) is 16.0 Å². The van der Waals surface area contributed by atoms with Crippen LogP contribution in [0.3, 0.4) is 0 Å². The van der Waals surface area contributed by atoms with Gasteiger partial charge in [0, 0.05) is 45.4 Å². The maximum Gasteiger partial charge on any atom is 0.320 e. The molecule has 0 radical (unpaired) electrons. The first-order valence-electron chi connectivity index (χ1n) is 15.2. The van der Waals surface area contributed by atoms with Crippen LogP contribution in [-0.2, 0) is 19.2 Å². The largest absolute Gasteiger partial charge is 0.481 e. The molecule has 1 atom stereocenters. The van der Waals surface area contributed by atoms with Crippen molar-refractivity contribution in [3.8, 4) is 0 Å². The van der Waals surface area contributed by atoms with Crippen molar-refractivity contribution in [1.29, 1.82) is 0 Å². The first kappa shape index (κ1) is 36.8. The number of carbonyl (C=O) groups excluding carboxylic acids is 2. The zero-order valence-electron chi connectivity index (χ0n) is 24.6. The summed E-state index contributed by atoms with van der Waals surface area (Å²) in [6.45, 7) is 4.94. The summed E-state index contributed by atoms with van der Waals surface area (Å²) in [6.07, 6.45) is 15.5. The van der Waals surface area contributed by atoms with Crippen molar-refractivity contribution < 1.29 is 29.4 Å². The van der Waals surface area contributed by atoms with Crippen LogP contribution in [0, 0.1) is 0 Å². The van der Waals surface area contributed by atoms with E-state index in [-0.39, 0.29) is 18.2 Å². The molecule has 0 unspecified atom stereocenters. The van der Waals surface area contributed by atoms with Crippen molar-refractivity contribution in [1.82, 2.24) is 20.9 Å². The zero-order chi connectivity index (χ0) is 29.1. The van der Waals surface area contributed by atoms with Crippen LogP contribution >= 0.6 is 0 Å². The number of hydrogen-bond acceptors (Lipinski definition) is 6. The van der Waals surface area contributed by atoms with Crippen LogP contribution in [0.1, 0.15) is 116 Å². The van der Waals surface area contributed by atoms with Crippen LogP contribution in [0.2, 0.25) is 0 Å². The molecule has 0 aromatic rings. The summed E-state index contributed by atoms with van der Waals surface area (Å²) in [5.41, 5.74) is 0. The van der Waals surface area contributed by atoms with Gasteiger partial charge in [0.1, 0.15) is 6.04 Å². The Kier molecular flexibility index (Phi) is 24.6. The predicted octanol–water partition coefficient (Wildman–Crippen LogP) is 3.93. The van der Waals surface area contributed by atoms with Gasteiger partial charge in [-0.1, -0.05) is 64.7 Å². The molecule has 0 saturated carbocycles. The SMILES string of the molecule is CCN[C@@H](CCCCNC(=O)CCN(C)CCNC(=O)CCCCCCCCCCCCCC(=O)O)C(=O)O. The molecule has 0 saturated heterocycles. The van der Waals surface area contributed by atoms with E-state index in [1.165, 1.54) is 32.1 Å². The molecule has 0 fully saturated rings. The average Bonchev–Trinajstić information content (AvgIpc) is 2.89. The van der Waals surface area contributed by atoms with E-state index >= 15 is 0 Å². The topological polar surface area (TPSA) is 148 Å². The number of carboxylic acids is 2. The van der Waals surface area contributed by atoms with Gasteiger partial charge >= 0.3 is 11.9 Å². The van der Waals surface area contributed by atoms with E-state index in [0.717, 1.165) is 51.4 Å². The maximum atomic E-state index is 12.0. The molecule has 5 N–H and O–H groups in total. The normalized spacial score (nSPS) is 11.9. The summed E-state index contributed by atoms with van der Waals surface area (Å²) < 4.78 is 0. The number of hydrogen-bond donors (Lipinski definition) is 5. The van der Waals surface area contributed by atoms with Gasteiger partial charge in [-0.15, -0.1) is 0 Å². The van der Waals surface area contributed by atoms with Gasteiger partial charge < -0.3 is 31.1 Å². The molecule has 0 aromatic carbocycles. The number of rotatable bonds is 28. The third kappa shape index (κ3) is 25.8. The molecule has 10 nitrogen and oxygen atoms in total. The molecule has 0 bridgehead atoms. The maximum absolute atomic E-state index is 12.0. The van der Waals surface area contributed by atoms with Crippen molar-refractivity contribution in [3.05, 3.63) is 0 Å². The molecule has 0 aromatic heterocycles.